The van der Waals surface area contributed by atoms with Crippen LogP contribution in [-0.4, -0.2) is 19.7 Å². The lowest BCUT2D eigenvalue weighted by molar-refractivity contribution is -0.137. The number of carbonyl (C=O) groups is 1. The van der Waals surface area contributed by atoms with Crippen LogP contribution in [0.4, 0.5) is 0 Å². The largest absolute Gasteiger partial charge is 0.497 e. The maximum atomic E-state index is 11.2. The number of carbonyl (C=O) groups excluding carboxylic acids is 1. The van der Waals surface area contributed by atoms with Crippen molar-refractivity contribution in [3.63, 3.8) is 0 Å². The fourth-order valence-electron chi connectivity index (χ4n) is 2.05. The average molecular weight is 246 g/mol. The zero-order valence-corrected chi connectivity index (χ0v) is 10.8. The molecule has 2 rings (SSSR count). The van der Waals surface area contributed by atoms with Gasteiger partial charge in [-0.05, 0) is 42.9 Å². The van der Waals surface area contributed by atoms with Crippen molar-refractivity contribution < 1.29 is 14.3 Å². The first-order chi connectivity index (χ1) is 8.74. The third-order valence-corrected chi connectivity index (χ3v) is 3.15. The number of hydrogen-bond donors (Lipinski definition) is 0. The van der Waals surface area contributed by atoms with Crippen molar-refractivity contribution in [3.05, 3.63) is 42.0 Å². The molecule has 1 aliphatic rings. The molecule has 0 aromatic heterocycles. The van der Waals surface area contributed by atoms with Crippen LogP contribution >= 0.6 is 0 Å². The summed E-state index contributed by atoms with van der Waals surface area (Å²) in [5.41, 5.74) is 1.30. The molecule has 1 saturated carbocycles. The van der Waals surface area contributed by atoms with Gasteiger partial charge in [0.25, 0.3) is 0 Å². The highest BCUT2D eigenvalue weighted by atomic mass is 16.5. The van der Waals surface area contributed by atoms with Gasteiger partial charge in [-0.1, -0.05) is 18.2 Å². The number of allylic oxidation sites excluding steroid dienone is 1. The summed E-state index contributed by atoms with van der Waals surface area (Å²) < 4.78 is 9.98. The number of esters is 1. The van der Waals surface area contributed by atoms with Crippen molar-refractivity contribution >= 4 is 5.97 Å². The molecule has 3 heteroatoms. The van der Waals surface area contributed by atoms with Crippen LogP contribution in [-0.2, 0) is 9.53 Å². The molecule has 2 unspecified atom stereocenters. The highest BCUT2D eigenvalue weighted by Crippen LogP contribution is 2.48. The molecule has 1 aromatic rings. The van der Waals surface area contributed by atoms with Gasteiger partial charge in [0.05, 0.1) is 13.7 Å². The highest BCUT2D eigenvalue weighted by molar-refractivity contribution is 5.82. The Kier molecular flexibility index (Phi) is 4.03. The summed E-state index contributed by atoms with van der Waals surface area (Å²) in [6, 6.07) is 8.11. The van der Waals surface area contributed by atoms with Gasteiger partial charge in [0.15, 0.2) is 0 Å². The first-order valence-electron chi connectivity index (χ1n) is 6.23. The number of ether oxygens (including phenoxy) is 2. The summed E-state index contributed by atoms with van der Waals surface area (Å²) in [6.45, 7) is 2.23. The van der Waals surface area contributed by atoms with Crippen LogP contribution in [0.1, 0.15) is 24.8 Å². The number of rotatable bonds is 5. The Labute approximate surface area is 107 Å². The lowest BCUT2D eigenvalue weighted by Gasteiger charge is -2.01. The van der Waals surface area contributed by atoms with E-state index in [0.29, 0.717) is 18.4 Å². The number of methoxy groups -OCH3 is 1. The number of benzene rings is 1. The molecule has 1 aromatic carbocycles. The minimum atomic E-state index is -0.252. The minimum absolute atomic E-state index is 0.252. The minimum Gasteiger partial charge on any atom is -0.497 e. The molecule has 0 amide bonds. The Morgan fingerprint density at radius 1 is 1.39 bits per heavy atom. The second kappa shape index (κ2) is 5.71. The van der Waals surface area contributed by atoms with E-state index in [0.717, 1.165) is 12.2 Å². The van der Waals surface area contributed by atoms with Gasteiger partial charge in [-0.15, -0.1) is 0 Å². The van der Waals surface area contributed by atoms with Crippen molar-refractivity contribution in [1.82, 2.24) is 0 Å². The Hall–Kier alpha value is -1.77. The third-order valence-electron chi connectivity index (χ3n) is 3.15. The second-order valence-electron chi connectivity index (χ2n) is 4.39. The van der Waals surface area contributed by atoms with E-state index < -0.39 is 0 Å². The molecule has 0 aliphatic heterocycles. The quantitative estimate of drug-likeness (QED) is 0.592. The van der Waals surface area contributed by atoms with E-state index in [4.69, 9.17) is 9.47 Å². The molecule has 1 fully saturated rings. The Balaban J connectivity index is 1.88. The predicted octanol–water partition coefficient (Wildman–Crippen LogP) is 2.92. The monoisotopic (exact) mass is 246 g/mol. The molecular weight excluding hydrogens is 228 g/mol. The van der Waals surface area contributed by atoms with Crippen LogP contribution in [0.15, 0.2) is 36.4 Å². The maximum absolute atomic E-state index is 11.2. The van der Waals surface area contributed by atoms with Crippen molar-refractivity contribution in [1.29, 1.82) is 0 Å². The molecule has 0 saturated heterocycles. The van der Waals surface area contributed by atoms with Gasteiger partial charge in [-0.2, -0.15) is 0 Å². The van der Waals surface area contributed by atoms with Gasteiger partial charge < -0.3 is 9.47 Å². The molecule has 96 valence electrons. The summed E-state index contributed by atoms with van der Waals surface area (Å²) in [5, 5.41) is 0. The second-order valence-corrected chi connectivity index (χ2v) is 4.39. The summed E-state index contributed by atoms with van der Waals surface area (Å²) in [5.74, 6) is 1.61. The smallest absolute Gasteiger partial charge is 0.330 e. The van der Waals surface area contributed by atoms with Crippen molar-refractivity contribution in [2.75, 3.05) is 13.7 Å². The summed E-state index contributed by atoms with van der Waals surface area (Å²) in [7, 11) is 1.66. The van der Waals surface area contributed by atoms with Gasteiger partial charge in [-0.25, -0.2) is 4.79 Å². The first-order valence-corrected chi connectivity index (χ1v) is 6.23. The van der Waals surface area contributed by atoms with E-state index in [1.807, 2.05) is 25.1 Å². The molecule has 18 heavy (non-hydrogen) atoms. The molecule has 1 aliphatic carbocycles. The highest BCUT2D eigenvalue weighted by Gasteiger charge is 2.36. The van der Waals surface area contributed by atoms with E-state index in [1.54, 1.807) is 7.11 Å². The predicted molar refractivity (Wildman–Crippen MR) is 69.6 cm³/mol. The lowest BCUT2D eigenvalue weighted by atomic mass is 10.1. The molecule has 0 N–H and O–H groups in total. The molecule has 2 atom stereocenters. The first kappa shape index (κ1) is 12.7. The molecule has 0 spiro atoms. The van der Waals surface area contributed by atoms with E-state index in [1.165, 1.54) is 11.6 Å². The van der Waals surface area contributed by atoms with Crippen LogP contribution in [0.3, 0.4) is 0 Å². The van der Waals surface area contributed by atoms with Crippen LogP contribution in [0.25, 0.3) is 0 Å². The van der Waals surface area contributed by atoms with Crippen LogP contribution in [0.5, 0.6) is 5.75 Å². The van der Waals surface area contributed by atoms with Crippen LogP contribution in [0.2, 0.25) is 0 Å². The van der Waals surface area contributed by atoms with E-state index in [9.17, 15) is 4.79 Å². The summed E-state index contributed by atoms with van der Waals surface area (Å²) >= 11 is 0. The van der Waals surface area contributed by atoms with Gasteiger partial charge >= 0.3 is 5.97 Å². The van der Waals surface area contributed by atoms with Gasteiger partial charge in [0.1, 0.15) is 5.75 Å². The van der Waals surface area contributed by atoms with E-state index in [-0.39, 0.29) is 5.97 Å². The summed E-state index contributed by atoms with van der Waals surface area (Å²) in [6.07, 6.45) is 4.59. The van der Waals surface area contributed by atoms with Gasteiger partial charge in [0, 0.05) is 6.08 Å². The fourth-order valence-corrected chi connectivity index (χ4v) is 2.05. The Bertz CT molecular complexity index is 434. The van der Waals surface area contributed by atoms with Crippen molar-refractivity contribution in [2.24, 2.45) is 5.92 Å². The zero-order chi connectivity index (χ0) is 13.0. The Morgan fingerprint density at radius 3 is 2.72 bits per heavy atom. The maximum Gasteiger partial charge on any atom is 0.330 e. The lowest BCUT2D eigenvalue weighted by Crippen LogP contribution is -1.98. The average Bonchev–Trinajstić information content (AvgIpc) is 3.16. The number of hydrogen-bond acceptors (Lipinski definition) is 3. The molecule has 0 radical (unpaired) electrons. The molecule has 0 bridgehead atoms. The van der Waals surface area contributed by atoms with Crippen molar-refractivity contribution in [3.8, 4) is 5.75 Å². The standard InChI is InChI=1S/C15H18O3/c1-3-18-15(16)9-6-12-10-14(12)11-4-7-13(17-2)8-5-11/h4-9,12,14H,3,10H2,1-2H3. The van der Waals surface area contributed by atoms with Crippen LogP contribution in [0, 0.1) is 5.92 Å². The van der Waals surface area contributed by atoms with Crippen LogP contribution < -0.4 is 4.74 Å². The third kappa shape index (κ3) is 3.13. The topological polar surface area (TPSA) is 35.5 Å². The molecule has 0 heterocycles. The Morgan fingerprint density at radius 2 is 2.11 bits per heavy atom. The molecule has 3 nitrogen and oxygen atoms in total. The van der Waals surface area contributed by atoms with E-state index in [2.05, 4.69) is 12.1 Å². The zero-order valence-electron chi connectivity index (χ0n) is 10.8. The fraction of sp³-hybridized carbons (Fsp3) is 0.400. The normalized spacial score (nSPS) is 21.9. The SMILES string of the molecule is CCOC(=O)C=CC1CC1c1ccc(OC)cc1. The summed E-state index contributed by atoms with van der Waals surface area (Å²) in [4.78, 5) is 11.2. The van der Waals surface area contributed by atoms with Crippen molar-refractivity contribution in [2.45, 2.75) is 19.3 Å². The van der Waals surface area contributed by atoms with Gasteiger partial charge in [-0.3, -0.25) is 0 Å². The van der Waals surface area contributed by atoms with E-state index >= 15 is 0 Å². The van der Waals surface area contributed by atoms with Gasteiger partial charge in [0.2, 0.25) is 0 Å². The molecular formula is C15H18O3.